The molecule has 0 aromatic carbocycles. The lowest BCUT2D eigenvalue weighted by Crippen LogP contribution is -1.99. The molecule has 0 aromatic heterocycles. The lowest BCUT2D eigenvalue weighted by atomic mass is 10.1. The predicted octanol–water partition coefficient (Wildman–Crippen LogP) is 2.54. The molecule has 0 aromatic rings. The molecule has 3 aliphatic rings. The van der Waals surface area contributed by atoms with Crippen molar-refractivity contribution in [1.82, 2.24) is 0 Å². The van der Waals surface area contributed by atoms with E-state index in [0.717, 1.165) is 25.7 Å². The van der Waals surface area contributed by atoms with Crippen LogP contribution in [0.4, 0.5) is 0 Å². The highest BCUT2D eigenvalue weighted by atomic mass is 16.6. The number of hydrogen-bond donors (Lipinski definition) is 0. The summed E-state index contributed by atoms with van der Waals surface area (Å²) in [6.45, 7) is 4.48. The average Bonchev–Trinajstić information content (AvgIpc) is 2.78. The smallest absolute Gasteiger partial charge is 0.104 e. The maximum atomic E-state index is 5.03. The van der Waals surface area contributed by atoms with Crippen LogP contribution in [-0.4, -0.2) is 25.9 Å². The van der Waals surface area contributed by atoms with Crippen LogP contribution in [0.1, 0.15) is 32.6 Å². The minimum atomic E-state index is 0.431. The molecule has 2 bridgehead atoms. The molecule has 0 amide bonds. The second-order valence-corrected chi connectivity index (χ2v) is 4.32. The van der Waals surface area contributed by atoms with E-state index in [2.05, 4.69) is 6.08 Å². The zero-order chi connectivity index (χ0) is 9.80. The number of rotatable bonds is 3. The Morgan fingerprint density at radius 2 is 2.43 bits per heavy atom. The molecule has 0 spiro atoms. The quantitative estimate of drug-likeness (QED) is 0.511. The van der Waals surface area contributed by atoms with Gasteiger partial charge in [-0.05, 0) is 38.5 Å². The van der Waals surface area contributed by atoms with Crippen LogP contribution in [0, 0.1) is 5.92 Å². The van der Waals surface area contributed by atoms with E-state index in [0.29, 0.717) is 6.10 Å². The highest BCUT2D eigenvalue weighted by Gasteiger charge is 2.23. The molecular weight excluding hydrogens is 176 g/mol. The van der Waals surface area contributed by atoms with Crippen LogP contribution in [0.3, 0.4) is 0 Å². The van der Waals surface area contributed by atoms with Crippen molar-refractivity contribution in [2.24, 2.45) is 5.92 Å². The van der Waals surface area contributed by atoms with Gasteiger partial charge in [0, 0.05) is 6.61 Å². The molecule has 1 saturated carbocycles. The molecule has 1 saturated heterocycles. The van der Waals surface area contributed by atoms with Crippen LogP contribution in [0.5, 0.6) is 0 Å². The van der Waals surface area contributed by atoms with Gasteiger partial charge in [0.1, 0.15) is 6.10 Å². The maximum Gasteiger partial charge on any atom is 0.104 e. The van der Waals surface area contributed by atoms with Crippen molar-refractivity contribution in [3.8, 4) is 0 Å². The zero-order valence-corrected chi connectivity index (χ0v) is 9.00. The van der Waals surface area contributed by atoms with E-state index in [1.54, 1.807) is 5.57 Å². The third kappa shape index (κ3) is 3.10. The molecule has 2 atom stereocenters. The van der Waals surface area contributed by atoms with Gasteiger partial charge < -0.3 is 9.47 Å². The second-order valence-electron chi connectivity index (χ2n) is 4.32. The second kappa shape index (κ2) is 4.94. The van der Waals surface area contributed by atoms with Gasteiger partial charge in [0.05, 0.1) is 13.2 Å². The van der Waals surface area contributed by atoms with Crippen LogP contribution in [0.15, 0.2) is 11.6 Å². The molecule has 3 rings (SSSR count). The molecule has 2 unspecified atom stereocenters. The van der Waals surface area contributed by atoms with Crippen molar-refractivity contribution < 1.29 is 9.47 Å². The van der Waals surface area contributed by atoms with E-state index in [4.69, 9.17) is 9.47 Å². The lowest BCUT2D eigenvalue weighted by molar-refractivity contribution is 0.128. The van der Waals surface area contributed by atoms with E-state index in [-0.39, 0.29) is 0 Å². The SMILES string of the molecule is C1=C2CCC(C1)C2.CCOCC1CO1. The molecule has 1 aliphatic heterocycles. The van der Waals surface area contributed by atoms with Crippen LogP contribution in [0.25, 0.3) is 0 Å². The summed E-state index contributed by atoms with van der Waals surface area (Å²) in [4.78, 5) is 0. The van der Waals surface area contributed by atoms with Crippen molar-refractivity contribution in [2.45, 2.75) is 38.7 Å². The van der Waals surface area contributed by atoms with Crippen molar-refractivity contribution >= 4 is 0 Å². The lowest BCUT2D eigenvalue weighted by Gasteiger charge is -1.98. The zero-order valence-electron chi connectivity index (χ0n) is 9.00. The fourth-order valence-electron chi connectivity index (χ4n) is 2.10. The Morgan fingerprint density at radius 3 is 2.71 bits per heavy atom. The van der Waals surface area contributed by atoms with Gasteiger partial charge in [-0.25, -0.2) is 0 Å². The van der Waals surface area contributed by atoms with Gasteiger partial charge in [-0.15, -0.1) is 0 Å². The van der Waals surface area contributed by atoms with Crippen LogP contribution >= 0.6 is 0 Å². The third-order valence-corrected chi connectivity index (χ3v) is 3.07. The molecule has 2 fully saturated rings. The fraction of sp³-hybridized carbons (Fsp3) is 0.833. The van der Waals surface area contributed by atoms with E-state index < -0.39 is 0 Å². The summed E-state index contributed by atoms with van der Waals surface area (Å²) in [5.74, 6) is 1.08. The molecule has 80 valence electrons. The molecule has 0 N–H and O–H groups in total. The van der Waals surface area contributed by atoms with Crippen molar-refractivity contribution in [3.63, 3.8) is 0 Å². The Balaban J connectivity index is 0.000000107. The van der Waals surface area contributed by atoms with Gasteiger partial charge in [-0.1, -0.05) is 11.6 Å². The summed E-state index contributed by atoms with van der Waals surface area (Å²) < 4.78 is 9.92. The first-order valence-electron chi connectivity index (χ1n) is 5.75. The predicted molar refractivity (Wildman–Crippen MR) is 56.3 cm³/mol. The monoisotopic (exact) mass is 196 g/mol. The maximum absolute atomic E-state index is 5.03. The number of epoxide rings is 1. The summed E-state index contributed by atoms with van der Waals surface area (Å²) in [7, 11) is 0. The Labute approximate surface area is 86.3 Å². The van der Waals surface area contributed by atoms with E-state index in [9.17, 15) is 0 Å². The first-order chi connectivity index (χ1) is 6.88. The van der Waals surface area contributed by atoms with Crippen LogP contribution < -0.4 is 0 Å². The number of hydrogen-bond acceptors (Lipinski definition) is 2. The van der Waals surface area contributed by atoms with Gasteiger partial charge in [-0.2, -0.15) is 0 Å². The Morgan fingerprint density at radius 1 is 1.57 bits per heavy atom. The summed E-state index contributed by atoms with van der Waals surface area (Å²) in [6, 6.07) is 0. The van der Waals surface area contributed by atoms with E-state index in [1.807, 2.05) is 6.92 Å². The van der Waals surface area contributed by atoms with Crippen LogP contribution in [0.2, 0.25) is 0 Å². The summed E-state index contributed by atoms with van der Waals surface area (Å²) in [6.07, 6.45) is 8.61. The minimum absolute atomic E-state index is 0.431. The molecular formula is C12H20O2. The Hall–Kier alpha value is -0.340. The number of ether oxygens (including phenoxy) is 2. The Kier molecular flexibility index (Phi) is 3.60. The molecule has 2 aliphatic carbocycles. The largest absolute Gasteiger partial charge is 0.379 e. The van der Waals surface area contributed by atoms with Gasteiger partial charge in [0.15, 0.2) is 0 Å². The van der Waals surface area contributed by atoms with Gasteiger partial charge in [0.25, 0.3) is 0 Å². The topological polar surface area (TPSA) is 21.8 Å². The van der Waals surface area contributed by atoms with Crippen molar-refractivity contribution in [2.75, 3.05) is 19.8 Å². The van der Waals surface area contributed by atoms with Gasteiger partial charge in [0.2, 0.25) is 0 Å². The average molecular weight is 196 g/mol. The molecule has 2 heteroatoms. The molecule has 2 nitrogen and oxygen atoms in total. The highest BCUT2D eigenvalue weighted by molar-refractivity contribution is 5.15. The standard InChI is InChI=1S/C7H10.C5H10O2/c1-2-7-4-3-6(1)5-7;1-2-6-3-5-4-7-5/h1,7H,2-5H2;5H,2-4H2,1H3. The first kappa shape index (κ1) is 10.2. The van der Waals surface area contributed by atoms with Gasteiger partial charge in [-0.3, -0.25) is 0 Å². The fourth-order valence-corrected chi connectivity index (χ4v) is 2.10. The van der Waals surface area contributed by atoms with Crippen molar-refractivity contribution in [3.05, 3.63) is 11.6 Å². The Bertz CT molecular complexity index is 206. The minimum Gasteiger partial charge on any atom is -0.379 e. The normalized spacial score (nSPS) is 32.2. The van der Waals surface area contributed by atoms with Crippen LogP contribution in [-0.2, 0) is 9.47 Å². The third-order valence-electron chi connectivity index (χ3n) is 3.07. The van der Waals surface area contributed by atoms with E-state index >= 15 is 0 Å². The van der Waals surface area contributed by atoms with E-state index in [1.165, 1.54) is 25.7 Å². The number of fused-ring (bicyclic) bond motifs is 2. The molecule has 1 heterocycles. The molecule has 0 radical (unpaired) electrons. The highest BCUT2D eigenvalue weighted by Crippen LogP contribution is 2.38. The summed E-state index contributed by atoms with van der Waals surface area (Å²) in [5.41, 5.74) is 1.74. The van der Waals surface area contributed by atoms with Gasteiger partial charge >= 0.3 is 0 Å². The summed E-state index contributed by atoms with van der Waals surface area (Å²) >= 11 is 0. The molecule has 14 heavy (non-hydrogen) atoms. The van der Waals surface area contributed by atoms with Crippen molar-refractivity contribution in [1.29, 1.82) is 0 Å². The summed E-state index contributed by atoms with van der Waals surface area (Å²) in [5, 5.41) is 0. The number of allylic oxidation sites excluding steroid dienone is 2. The first-order valence-corrected chi connectivity index (χ1v) is 5.75.